The molecule has 0 saturated carbocycles. The maximum Gasteiger partial charge on any atom is 0.0816 e. The fourth-order valence-electron chi connectivity index (χ4n) is 2.82. The van der Waals surface area contributed by atoms with Crippen LogP contribution in [0.4, 0.5) is 0 Å². The fraction of sp³-hybridized carbons (Fsp3) is 0.625. The summed E-state index contributed by atoms with van der Waals surface area (Å²) in [6.45, 7) is 5.59. The van der Waals surface area contributed by atoms with Gasteiger partial charge in [0.05, 0.1) is 6.10 Å². The van der Waals surface area contributed by atoms with Crippen LogP contribution >= 0.6 is 11.6 Å². The number of likely N-dealkylation sites (tertiary alicyclic amines) is 1. The van der Waals surface area contributed by atoms with Crippen LogP contribution < -0.4 is 0 Å². The third-order valence-corrected chi connectivity index (χ3v) is 4.61. The van der Waals surface area contributed by atoms with Crippen molar-refractivity contribution in [1.29, 1.82) is 0 Å². The summed E-state index contributed by atoms with van der Waals surface area (Å²) in [5.41, 5.74) is 0.854. The molecule has 0 amide bonds. The van der Waals surface area contributed by atoms with E-state index in [1.165, 1.54) is 32.4 Å². The van der Waals surface area contributed by atoms with Crippen molar-refractivity contribution in [1.82, 2.24) is 4.90 Å². The molecule has 1 aliphatic rings. The molecule has 1 aliphatic heterocycles. The number of benzene rings is 1. The average Bonchev–Trinajstić information content (AvgIpc) is 2.46. The van der Waals surface area contributed by atoms with Crippen molar-refractivity contribution in [3.05, 3.63) is 34.9 Å². The van der Waals surface area contributed by atoms with E-state index in [1.807, 2.05) is 24.3 Å². The second-order valence-corrected chi connectivity index (χ2v) is 5.93. The molecule has 0 radical (unpaired) electrons. The highest BCUT2D eigenvalue weighted by molar-refractivity contribution is 6.31. The van der Waals surface area contributed by atoms with Gasteiger partial charge >= 0.3 is 0 Å². The minimum atomic E-state index is -0.447. The zero-order valence-corrected chi connectivity index (χ0v) is 12.4. The molecule has 1 saturated heterocycles. The minimum absolute atomic E-state index is 0.447. The summed E-state index contributed by atoms with van der Waals surface area (Å²) in [5, 5.41) is 10.9. The number of piperidine rings is 1. The Hall–Kier alpha value is -0.570. The van der Waals surface area contributed by atoms with E-state index in [0.29, 0.717) is 5.02 Å². The third-order valence-electron chi connectivity index (χ3n) is 4.27. The monoisotopic (exact) mass is 281 g/mol. The highest BCUT2D eigenvalue weighted by Gasteiger charge is 2.19. The predicted molar refractivity (Wildman–Crippen MR) is 80.5 cm³/mol. The van der Waals surface area contributed by atoms with Gasteiger partial charge in [-0.05, 0) is 49.9 Å². The van der Waals surface area contributed by atoms with E-state index in [1.54, 1.807) is 0 Å². The highest BCUT2D eigenvalue weighted by atomic mass is 35.5. The van der Waals surface area contributed by atoms with Crippen molar-refractivity contribution in [2.75, 3.05) is 19.6 Å². The topological polar surface area (TPSA) is 23.5 Å². The largest absolute Gasteiger partial charge is 0.388 e. The number of hydrogen-bond donors (Lipinski definition) is 1. The summed E-state index contributed by atoms with van der Waals surface area (Å²) in [7, 11) is 0. The van der Waals surface area contributed by atoms with E-state index in [4.69, 9.17) is 11.6 Å². The molecular formula is C16H24ClNO. The number of hydrogen-bond acceptors (Lipinski definition) is 2. The first-order valence-corrected chi connectivity index (χ1v) is 7.73. The molecule has 0 aliphatic carbocycles. The second-order valence-electron chi connectivity index (χ2n) is 5.52. The van der Waals surface area contributed by atoms with Gasteiger partial charge in [0, 0.05) is 11.6 Å². The molecule has 1 aromatic carbocycles. The van der Waals surface area contributed by atoms with Crippen LogP contribution in [0, 0.1) is 5.92 Å². The van der Waals surface area contributed by atoms with Gasteiger partial charge in [-0.3, -0.25) is 0 Å². The number of aliphatic hydroxyl groups is 1. The van der Waals surface area contributed by atoms with Gasteiger partial charge in [-0.15, -0.1) is 0 Å². The first-order chi connectivity index (χ1) is 9.20. The van der Waals surface area contributed by atoms with Gasteiger partial charge in [0.2, 0.25) is 0 Å². The van der Waals surface area contributed by atoms with E-state index in [2.05, 4.69) is 11.8 Å². The van der Waals surface area contributed by atoms with E-state index >= 15 is 0 Å². The van der Waals surface area contributed by atoms with Gasteiger partial charge in [-0.25, -0.2) is 0 Å². The third kappa shape index (κ3) is 4.20. The lowest BCUT2D eigenvalue weighted by Crippen LogP contribution is -2.34. The smallest absolute Gasteiger partial charge is 0.0816 e. The van der Waals surface area contributed by atoms with Gasteiger partial charge in [0.25, 0.3) is 0 Å². The summed E-state index contributed by atoms with van der Waals surface area (Å²) >= 11 is 6.10. The molecule has 0 aromatic heterocycles. The first kappa shape index (κ1) is 14.8. The van der Waals surface area contributed by atoms with Crippen LogP contribution in [0.2, 0.25) is 5.02 Å². The molecule has 1 fully saturated rings. The zero-order valence-electron chi connectivity index (χ0n) is 11.7. The number of rotatable bonds is 5. The molecule has 2 rings (SSSR count). The molecule has 1 heterocycles. The zero-order chi connectivity index (χ0) is 13.7. The Bertz CT molecular complexity index is 388. The van der Waals surface area contributed by atoms with Gasteiger partial charge in [0.15, 0.2) is 0 Å². The Morgan fingerprint density at radius 2 is 2.00 bits per heavy atom. The normalized spacial score (nSPS) is 19.5. The van der Waals surface area contributed by atoms with Crippen molar-refractivity contribution in [2.45, 2.75) is 38.7 Å². The van der Waals surface area contributed by atoms with Crippen LogP contribution in [0.3, 0.4) is 0 Å². The molecule has 3 heteroatoms. The van der Waals surface area contributed by atoms with Crippen molar-refractivity contribution in [2.24, 2.45) is 5.92 Å². The summed E-state index contributed by atoms with van der Waals surface area (Å²) < 4.78 is 0. The predicted octanol–water partition coefficient (Wildman–Crippen LogP) is 3.89. The van der Waals surface area contributed by atoms with Crippen LogP contribution in [0.15, 0.2) is 24.3 Å². The average molecular weight is 282 g/mol. The SMILES string of the molecule is CCC1CCN(CCC(O)c2ccccc2Cl)CC1. The van der Waals surface area contributed by atoms with Crippen LogP contribution in [0.1, 0.15) is 44.3 Å². The maximum absolute atomic E-state index is 10.2. The Morgan fingerprint density at radius 1 is 1.32 bits per heavy atom. The fourth-order valence-corrected chi connectivity index (χ4v) is 3.09. The minimum Gasteiger partial charge on any atom is -0.388 e. The number of halogens is 1. The van der Waals surface area contributed by atoms with Gasteiger partial charge in [-0.1, -0.05) is 43.1 Å². The molecule has 2 nitrogen and oxygen atoms in total. The Morgan fingerprint density at radius 3 is 2.63 bits per heavy atom. The Balaban J connectivity index is 1.78. The lowest BCUT2D eigenvalue weighted by Gasteiger charge is -2.32. The lowest BCUT2D eigenvalue weighted by molar-refractivity contribution is 0.122. The Labute approximate surface area is 121 Å². The van der Waals surface area contributed by atoms with Gasteiger partial charge < -0.3 is 10.0 Å². The second kappa shape index (κ2) is 7.28. The number of aliphatic hydroxyl groups excluding tert-OH is 1. The molecule has 0 bridgehead atoms. The molecule has 106 valence electrons. The molecule has 0 spiro atoms. The summed E-state index contributed by atoms with van der Waals surface area (Å²) in [6, 6.07) is 7.58. The van der Waals surface area contributed by atoms with Gasteiger partial charge in [0.1, 0.15) is 0 Å². The quantitative estimate of drug-likeness (QED) is 0.885. The maximum atomic E-state index is 10.2. The van der Waals surface area contributed by atoms with Crippen LogP contribution in [0.5, 0.6) is 0 Å². The van der Waals surface area contributed by atoms with E-state index in [0.717, 1.165) is 24.4 Å². The molecule has 1 unspecified atom stereocenters. The van der Waals surface area contributed by atoms with Gasteiger partial charge in [-0.2, -0.15) is 0 Å². The molecule has 1 atom stereocenters. The van der Waals surface area contributed by atoms with Crippen LogP contribution in [-0.4, -0.2) is 29.6 Å². The van der Waals surface area contributed by atoms with E-state index in [-0.39, 0.29) is 0 Å². The summed E-state index contributed by atoms with van der Waals surface area (Å²) in [6.07, 6.45) is 4.23. The summed E-state index contributed by atoms with van der Waals surface area (Å²) in [5.74, 6) is 0.907. The summed E-state index contributed by atoms with van der Waals surface area (Å²) in [4.78, 5) is 2.46. The molecule has 1 N–H and O–H groups in total. The number of nitrogens with zero attached hydrogens (tertiary/aromatic N) is 1. The van der Waals surface area contributed by atoms with E-state index in [9.17, 15) is 5.11 Å². The highest BCUT2D eigenvalue weighted by Crippen LogP contribution is 2.26. The van der Waals surface area contributed by atoms with Crippen molar-refractivity contribution in [3.8, 4) is 0 Å². The Kier molecular flexibility index (Phi) is 5.68. The molecular weight excluding hydrogens is 258 g/mol. The van der Waals surface area contributed by atoms with Crippen molar-refractivity contribution < 1.29 is 5.11 Å². The molecule has 19 heavy (non-hydrogen) atoms. The van der Waals surface area contributed by atoms with Crippen LogP contribution in [-0.2, 0) is 0 Å². The lowest BCUT2D eigenvalue weighted by atomic mass is 9.94. The van der Waals surface area contributed by atoms with Crippen molar-refractivity contribution >= 4 is 11.6 Å². The molecule has 1 aromatic rings. The standard InChI is InChI=1S/C16H24ClNO/c1-2-13-7-10-18(11-8-13)12-9-16(19)14-5-3-4-6-15(14)17/h3-6,13,16,19H,2,7-12H2,1H3. The van der Waals surface area contributed by atoms with E-state index < -0.39 is 6.10 Å². The van der Waals surface area contributed by atoms with Crippen molar-refractivity contribution in [3.63, 3.8) is 0 Å². The first-order valence-electron chi connectivity index (χ1n) is 7.35. The van der Waals surface area contributed by atoms with Crippen LogP contribution in [0.25, 0.3) is 0 Å².